The minimum absolute atomic E-state index is 0.102. The number of nitrogens with two attached hydrogens (primary N) is 1. The lowest BCUT2D eigenvalue weighted by Gasteiger charge is -2.40. The summed E-state index contributed by atoms with van der Waals surface area (Å²) >= 11 is 0. The van der Waals surface area contributed by atoms with Crippen molar-refractivity contribution in [3.8, 4) is 0 Å². The van der Waals surface area contributed by atoms with Crippen molar-refractivity contribution in [1.82, 2.24) is 14.5 Å². The molecule has 2 saturated heterocycles. The molecule has 0 radical (unpaired) electrons. The molecule has 0 amide bonds. The van der Waals surface area contributed by atoms with E-state index in [1.165, 1.54) is 36.8 Å². The zero-order valence-electron chi connectivity index (χ0n) is 17.2. The third-order valence-electron chi connectivity index (χ3n) is 7.89. The van der Waals surface area contributed by atoms with Gasteiger partial charge in [-0.1, -0.05) is 42.5 Å². The second-order valence-electron chi connectivity index (χ2n) is 9.53. The van der Waals surface area contributed by atoms with Gasteiger partial charge in [-0.2, -0.15) is 0 Å². The number of rotatable bonds is 4. The number of benzene rings is 2. The minimum Gasteiger partial charge on any atom is -0.325 e. The number of aromatic nitrogens is 2. The summed E-state index contributed by atoms with van der Waals surface area (Å²) in [6.45, 7) is 3.33. The van der Waals surface area contributed by atoms with Crippen LogP contribution in [0.4, 0.5) is 0 Å². The van der Waals surface area contributed by atoms with Gasteiger partial charge < -0.3 is 10.3 Å². The van der Waals surface area contributed by atoms with Crippen LogP contribution in [0.3, 0.4) is 0 Å². The lowest BCUT2D eigenvalue weighted by Crippen LogP contribution is -2.45. The molecule has 3 aromatic rings. The summed E-state index contributed by atoms with van der Waals surface area (Å²) in [6, 6.07) is 21.3. The molecule has 150 valence electrons. The lowest BCUT2D eigenvalue weighted by molar-refractivity contribution is 0.0996. The summed E-state index contributed by atoms with van der Waals surface area (Å²) in [5.41, 5.74) is 10.4. The Balaban J connectivity index is 1.20. The van der Waals surface area contributed by atoms with Crippen molar-refractivity contribution in [3.05, 3.63) is 66.0 Å². The van der Waals surface area contributed by atoms with Crippen LogP contribution in [0.1, 0.15) is 49.5 Å². The molecule has 1 aliphatic carbocycles. The predicted molar refractivity (Wildman–Crippen MR) is 117 cm³/mol. The van der Waals surface area contributed by atoms with Gasteiger partial charge in [0.1, 0.15) is 5.82 Å². The van der Waals surface area contributed by atoms with Crippen LogP contribution in [0.25, 0.3) is 11.0 Å². The van der Waals surface area contributed by atoms with Crippen molar-refractivity contribution in [2.24, 2.45) is 11.7 Å². The van der Waals surface area contributed by atoms with Crippen molar-refractivity contribution in [2.45, 2.75) is 62.7 Å². The third-order valence-corrected chi connectivity index (χ3v) is 7.89. The van der Waals surface area contributed by atoms with Crippen LogP contribution in [-0.2, 0) is 5.54 Å². The third kappa shape index (κ3) is 2.77. The Labute approximate surface area is 172 Å². The fourth-order valence-electron chi connectivity index (χ4n) is 6.31. The number of aryl methyl sites for hydroxylation is 1. The van der Waals surface area contributed by atoms with E-state index in [-0.39, 0.29) is 5.54 Å². The first-order valence-electron chi connectivity index (χ1n) is 11.2. The monoisotopic (exact) mass is 386 g/mol. The van der Waals surface area contributed by atoms with Gasteiger partial charge in [-0.3, -0.25) is 4.90 Å². The molecule has 2 N–H and O–H groups in total. The summed E-state index contributed by atoms with van der Waals surface area (Å²) in [4.78, 5) is 7.63. The van der Waals surface area contributed by atoms with Crippen LogP contribution in [0.15, 0.2) is 54.6 Å². The maximum atomic E-state index is 6.79. The molecule has 1 aromatic heterocycles. The fraction of sp³-hybridized carbons (Fsp3) is 0.480. The van der Waals surface area contributed by atoms with Gasteiger partial charge in [-0.15, -0.1) is 0 Å². The number of imidazole rings is 1. The molecular formula is C25H30N4. The molecule has 29 heavy (non-hydrogen) atoms. The van der Waals surface area contributed by atoms with E-state index in [0.717, 1.165) is 24.3 Å². The zero-order valence-corrected chi connectivity index (χ0v) is 17.2. The number of nitrogens with zero attached hydrogens (tertiary/aromatic N) is 3. The molecule has 5 atom stereocenters. The molecule has 6 rings (SSSR count). The van der Waals surface area contributed by atoms with Crippen molar-refractivity contribution in [1.29, 1.82) is 0 Å². The van der Waals surface area contributed by atoms with E-state index in [4.69, 9.17) is 10.7 Å². The van der Waals surface area contributed by atoms with E-state index in [0.29, 0.717) is 24.0 Å². The Kier molecular flexibility index (Phi) is 3.91. The summed E-state index contributed by atoms with van der Waals surface area (Å²) in [5, 5.41) is 0. The maximum absolute atomic E-state index is 6.79. The summed E-state index contributed by atoms with van der Waals surface area (Å²) in [6.07, 6.45) is 6.28. The van der Waals surface area contributed by atoms with Gasteiger partial charge in [0.05, 0.1) is 11.0 Å². The minimum atomic E-state index is -0.102. The van der Waals surface area contributed by atoms with Crippen molar-refractivity contribution in [3.63, 3.8) is 0 Å². The van der Waals surface area contributed by atoms with E-state index in [1.54, 1.807) is 0 Å². The molecule has 3 fully saturated rings. The highest BCUT2D eigenvalue weighted by atomic mass is 15.3. The summed E-state index contributed by atoms with van der Waals surface area (Å²) in [7, 11) is 0. The second kappa shape index (κ2) is 6.41. The Morgan fingerprint density at radius 3 is 2.41 bits per heavy atom. The first kappa shape index (κ1) is 17.7. The molecule has 1 saturated carbocycles. The first-order chi connectivity index (χ1) is 14.1. The zero-order chi connectivity index (χ0) is 19.6. The molecule has 2 bridgehead atoms. The molecule has 0 spiro atoms. The highest BCUT2D eigenvalue weighted by Gasteiger charge is 2.54. The largest absolute Gasteiger partial charge is 0.325 e. The first-order valence-corrected chi connectivity index (χ1v) is 11.2. The summed E-state index contributed by atoms with van der Waals surface area (Å²) < 4.78 is 2.52. The molecule has 2 aliphatic heterocycles. The average molecular weight is 387 g/mol. The SMILES string of the molecule is Cc1nc2ccccc2n1[C@H]1C[C@H]2CC[C@@H](C1)N2C[C@@H]1C[C@@]1(N)c1ccccc1. The Morgan fingerprint density at radius 2 is 1.66 bits per heavy atom. The molecule has 3 heterocycles. The maximum Gasteiger partial charge on any atom is 0.106 e. The fourth-order valence-corrected chi connectivity index (χ4v) is 6.31. The van der Waals surface area contributed by atoms with Gasteiger partial charge in [0.2, 0.25) is 0 Å². The van der Waals surface area contributed by atoms with Crippen molar-refractivity contribution < 1.29 is 0 Å². The van der Waals surface area contributed by atoms with Gasteiger partial charge in [-0.05, 0) is 62.6 Å². The Morgan fingerprint density at radius 1 is 0.966 bits per heavy atom. The molecule has 3 aliphatic rings. The number of hydrogen-bond acceptors (Lipinski definition) is 3. The second-order valence-corrected chi connectivity index (χ2v) is 9.53. The summed E-state index contributed by atoms with van der Waals surface area (Å²) in [5.74, 6) is 1.76. The van der Waals surface area contributed by atoms with Crippen molar-refractivity contribution in [2.75, 3.05) is 6.54 Å². The van der Waals surface area contributed by atoms with Crippen LogP contribution < -0.4 is 5.73 Å². The highest BCUT2D eigenvalue weighted by molar-refractivity contribution is 5.76. The normalized spacial score (nSPS) is 34.0. The highest BCUT2D eigenvalue weighted by Crippen LogP contribution is 2.52. The van der Waals surface area contributed by atoms with Crippen LogP contribution >= 0.6 is 0 Å². The molecule has 4 heteroatoms. The van der Waals surface area contributed by atoms with Crippen LogP contribution in [0.5, 0.6) is 0 Å². The van der Waals surface area contributed by atoms with E-state index < -0.39 is 0 Å². The van der Waals surface area contributed by atoms with Gasteiger partial charge in [0.15, 0.2) is 0 Å². The van der Waals surface area contributed by atoms with Crippen LogP contribution in [0.2, 0.25) is 0 Å². The van der Waals surface area contributed by atoms with Gasteiger partial charge in [-0.25, -0.2) is 4.98 Å². The topological polar surface area (TPSA) is 47.1 Å². The molecular weight excluding hydrogens is 356 g/mol. The molecule has 4 nitrogen and oxygen atoms in total. The van der Waals surface area contributed by atoms with Gasteiger partial charge >= 0.3 is 0 Å². The van der Waals surface area contributed by atoms with E-state index in [9.17, 15) is 0 Å². The van der Waals surface area contributed by atoms with E-state index in [2.05, 4.69) is 71.0 Å². The van der Waals surface area contributed by atoms with Gasteiger partial charge in [0, 0.05) is 30.2 Å². The van der Waals surface area contributed by atoms with Crippen LogP contribution in [-0.4, -0.2) is 33.1 Å². The Hall–Kier alpha value is -2.17. The lowest BCUT2D eigenvalue weighted by atomic mass is 9.95. The quantitative estimate of drug-likeness (QED) is 0.723. The smallest absolute Gasteiger partial charge is 0.106 e. The van der Waals surface area contributed by atoms with Gasteiger partial charge in [0.25, 0.3) is 0 Å². The molecule has 0 unspecified atom stereocenters. The van der Waals surface area contributed by atoms with Crippen LogP contribution in [0, 0.1) is 12.8 Å². The number of para-hydroxylation sites is 2. The molecule has 2 aromatic carbocycles. The number of piperidine rings is 1. The predicted octanol–water partition coefficient (Wildman–Crippen LogP) is 4.39. The number of hydrogen-bond donors (Lipinski definition) is 1. The van der Waals surface area contributed by atoms with E-state index in [1.807, 2.05) is 0 Å². The average Bonchev–Trinajstić information content (AvgIpc) is 3.18. The Bertz CT molecular complexity index is 1030. The van der Waals surface area contributed by atoms with Crippen molar-refractivity contribution >= 4 is 11.0 Å². The van der Waals surface area contributed by atoms with E-state index >= 15 is 0 Å². The standard InChI is InChI=1S/C25H30N4/c1-17-27-23-9-5-6-10-24(23)29(17)22-13-20-11-12-21(14-22)28(20)16-19-15-25(19,26)18-7-3-2-4-8-18/h2-10,19-22H,11-16,26H2,1H3/t19-,20-,21+,22+,25+/m0/s1. The number of fused-ring (bicyclic) bond motifs is 3.